The van der Waals surface area contributed by atoms with Crippen molar-refractivity contribution in [1.29, 1.82) is 0 Å². The molecule has 3 atom stereocenters. The molecule has 0 aromatic carbocycles. The SMILES string of the molecule is Cc1ccc(CC(C)NC(=O)C2CCCC(C(=O)O)C2)s1. The average Bonchev–Trinajstić information content (AvgIpc) is 2.83. The predicted molar refractivity (Wildman–Crippen MR) is 83.4 cm³/mol. The van der Waals surface area contributed by atoms with Crippen molar-refractivity contribution in [2.24, 2.45) is 11.8 Å². The molecule has 0 radical (unpaired) electrons. The van der Waals surface area contributed by atoms with E-state index in [0.717, 1.165) is 19.3 Å². The van der Waals surface area contributed by atoms with Gasteiger partial charge in [0.2, 0.25) is 5.91 Å². The highest BCUT2D eigenvalue weighted by molar-refractivity contribution is 7.11. The van der Waals surface area contributed by atoms with Gasteiger partial charge in [0, 0.05) is 28.1 Å². The molecule has 1 aliphatic carbocycles. The molecule has 5 heteroatoms. The van der Waals surface area contributed by atoms with E-state index in [0.29, 0.717) is 12.8 Å². The zero-order chi connectivity index (χ0) is 15.4. The van der Waals surface area contributed by atoms with Gasteiger partial charge in [0.05, 0.1) is 5.92 Å². The zero-order valence-corrected chi connectivity index (χ0v) is 13.4. The summed E-state index contributed by atoms with van der Waals surface area (Å²) < 4.78 is 0. The molecule has 0 bridgehead atoms. The molecule has 1 amide bonds. The Morgan fingerprint density at radius 3 is 2.71 bits per heavy atom. The molecule has 116 valence electrons. The van der Waals surface area contributed by atoms with Gasteiger partial charge in [-0.05, 0) is 45.2 Å². The number of rotatable bonds is 5. The van der Waals surface area contributed by atoms with Gasteiger partial charge in [0.25, 0.3) is 0 Å². The Balaban J connectivity index is 1.84. The molecular weight excluding hydrogens is 286 g/mol. The molecule has 2 rings (SSSR count). The van der Waals surface area contributed by atoms with Crippen LogP contribution in [0.4, 0.5) is 0 Å². The highest BCUT2D eigenvalue weighted by Crippen LogP contribution is 2.29. The van der Waals surface area contributed by atoms with Gasteiger partial charge >= 0.3 is 5.97 Å². The highest BCUT2D eigenvalue weighted by atomic mass is 32.1. The summed E-state index contributed by atoms with van der Waals surface area (Å²) in [6, 6.07) is 4.28. The fourth-order valence-electron chi connectivity index (χ4n) is 2.96. The molecule has 3 unspecified atom stereocenters. The van der Waals surface area contributed by atoms with E-state index in [-0.39, 0.29) is 23.8 Å². The van der Waals surface area contributed by atoms with E-state index in [1.54, 1.807) is 11.3 Å². The van der Waals surface area contributed by atoms with Crippen molar-refractivity contribution in [3.05, 3.63) is 21.9 Å². The van der Waals surface area contributed by atoms with Gasteiger partial charge in [-0.15, -0.1) is 11.3 Å². The normalized spacial score (nSPS) is 23.5. The molecule has 0 aliphatic heterocycles. The molecule has 1 aromatic rings. The summed E-state index contributed by atoms with van der Waals surface area (Å²) in [7, 11) is 0. The van der Waals surface area contributed by atoms with Gasteiger partial charge < -0.3 is 10.4 Å². The Labute approximate surface area is 129 Å². The third-order valence-electron chi connectivity index (χ3n) is 4.09. The van der Waals surface area contributed by atoms with E-state index in [4.69, 9.17) is 5.11 Å². The summed E-state index contributed by atoms with van der Waals surface area (Å²) in [5.74, 6) is -1.26. The maximum absolute atomic E-state index is 12.3. The number of hydrogen-bond donors (Lipinski definition) is 2. The molecule has 0 saturated heterocycles. The minimum atomic E-state index is -0.769. The monoisotopic (exact) mass is 309 g/mol. The maximum Gasteiger partial charge on any atom is 0.306 e. The average molecular weight is 309 g/mol. The second kappa shape index (κ2) is 7.07. The topological polar surface area (TPSA) is 66.4 Å². The van der Waals surface area contributed by atoms with Gasteiger partial charge in [-0.1, -0.05) is 6.42 Å². The van der Waals surface area contributed by atoms with E-state index < -0.39 is 5.97 Å². The van der Waals surface area contributed by atoms with Crippen molar-refractivity contribution in [3.8, 4) is 0 Å². The zero-order valence-electron chi connectivity index (χ0n) is 12.6. The quantitative estimate of drug-likeness (QED) is 0.878. The summed E-state index contributed by atoms with van der Waals surface area (Å²) in [5.41, 5.74) is 0. The minimum Gasteiger partial charge on any atom is -0.481 e. The Hall–Kier alpha value is -1.36. The summed E-state index contributed by atoms with van der Waals surface area (Å²) in [4.78, 5) is 25.9. The lowest BCUT2D eigenvalue weighted by Gasteiger charge is -2.27. The summed E-state index contributed by atoms with van der Waals surface area (Å²) in [6.45, 7) is 4.08. The fourth-order valence-corrected chi connectivity index (χ4v) is 3.98. The molecule has 1 fully saturated rings. The third-order valence-corrected chi connectivity index (χ3v) is 5.11. The Morgan fingerprint density at radius 2 is 2.10 bits per heavy atom. The Kier molecular flexibility index (Phi) is 5.39. The van der Waals surface area contributed by atoms with E-state index in [1.807, 2.05) is 6.92 Å². The number of carboxylic acid groups (broad SMARTS) is 1. The molecule has 4 nitrogen and oxygen atoms in total. The number of carboxylic acids is 1. The molecule has 0 spiro atoms. The first kappa shape index (κ1) is 16.0. The third kappa shape index (κ3) is 4.56. The van der Waals surface area contributed by atoms with Crippen LogP contribution < -0.4 is 5.32 Å². The van der Waals surface area contributed by atoms with Gasteiger partial charge in [0.15, 0.2) is 0 Å². The summed E-state index contributed by atoms with van der Waals surface area (Å²) in [6.07, 6.45) is 3.64. The minimum absolute atomic E-state index is 0.0155. The molecule has 1 saturated carbocycles. The maximum atomic E-state index is 12.3. The van der Waals surface area contributed by atoms with Gasteiger partial charge in [0.1, 0.15) is 0 Å². The smallest absolute Gasteiger partial charge is 0.306 e. The summed E-state index contributed by atoms with van der Waals surface area (Å²) in [5, 5.41) is 12.1. The van der Waals surface area contributed by atoms with Crippen LogP contribution >= 0.6 is 11.3 Å². The van der Waals surface area contributed by atoms with Gasteiger partial charge in [-0.3, -0.25) is 9.59 Å². The van der Waals surface area contributed by atoms with Crippen LogP contribution in [0.5, 0.6) is 0 Å². The Bertz CT molecular complexity index is 511. The first-order chi connectivity index (χ1) is 9.95. The standard InChI is InChI=1S/C16H23NO3S/c1-10(8-14-7-6-11(2)21-14)17-15(18)12-4-3-5-13(9-12)16(19)20/h6-7,10,12-13H,3-5,8-9H2,1-2H3,(H,17,18)(H,19,20). The first-order valence-electron chi connectivity index (χ1n) is 7.54. The number of carbonyl (C=O) groups excluding carboxylic acids is 1. The number of amides is 1. The molecule has 2 N–H and O–H groups in total. The predicted octanol–water partition coefficient (Wildman–Crippen LogP) is 2.99. The van der Waals surface area contributed by atoms with Gasteiger partial charge in [-0.25, -0.2) is 0 Å². The van der Waals surface area contributed by atoms with E-state index in [2.05, 4.69) is 24.4 Å². The lowest BCUT2D eigenvalue weighted by Crippen LogP contribution is -2.40. The lowest BCUT2D eigenvalue weighted by atomic mass is 9.81. The lowest BCUT2D eigenvalue weighted by molar-refractivity contribution is -0.144. The number of nitrogens with one attached hydrogen (secondary N) is 1. The largest absolute Gasteiger partial charge is 0.481 e. The van der Waals surface area contributed by atoms with Crippen LogP contribution in [0.25, 0.3) is 0 Å². The van der Waals surface area contributed by atoms with Crippen LogP contribution in [0.2, 0.25) is 0 Å². The summed E-state index contributed by atoms with van der Waals surface area (Å²) >= 11 is 1.75. The fraction of sp³-hybridized carbons (Fsp3) is 0.625. The van der Waals surface area contributed by atoms with Crippen molar-refractivity contribution in [2.75, 3.05) is 0 Å². The van der Waals surface area contributed by atoms with Crippen molar-refractivity contribution in [1.82, 2.24) is 5.32 Å². The first-order valence-corrected chi connectivity index (χ1v) is 8.36. The number of thiophene rings is 1. The second-order valence-electron chi connectivity index (χ2n) is 6.02. The molecule has 1 aliphatic rings. The number of aryl methyl sites for hydroxylation is 1. The molecular formula is C16H23NO3S. The van der Waals surface area contributed by atoms with Crippen molar-refractivity contribution < 1.29 is 14.7 Å². The van der Waals surface area contributed by atoms with Crippen LogP contribution in [0.1, 0.15) is 42.4 Å². The molecule has 1 aromatic heterocycles. The van der Waals surface area contributed by atoms with Crippen LogP contribution in [-0.4, -0.2) is 23.0 Å². The van der Waals surface area contributed by atoms with Crippen molar-refractivity contribution in [3.63, 3.8) is 0 Å². The van der Waals surface area contributed by atoms with Crippen LogP contribution in [0.15, 0.2) is 12.1 Å². The number of aliphatic carboxylic acids is 1. The highest BCUT2D eigenvalue weighted by Gasteiger charge is 2.31. The van der Waals surface area contributed by atoms with Crippen LogP contribution in [0.3, 0.4) is 0 Å². The van der Waals surface area contributed by atoms with E-state index in [1.165, 1.54) is 9.75 Å². The van der Waals surface area contributed by atoms with Crippen molar-refractivity contribution in [2.45, 2.75) is 52.0 Å². The van der Waals surface area contributed by atoms with E-state index in [9.17, 15) is 9.59 Å². The number of hydrogen-bond acceptors (Lipinski definition) is 3. The van der Waals surface area contributed by atoms with Crippen molar-refractivity contribution >= 4 is 23.2 Å². The Morgan fingerprint density at radius 1 is 1.38 bits per heavy atom. The molecule has 1 heterocycles. The van der Waals surface area contributed by atoms with Gasteiger partial charge in [-0.2, -0.15) is 0 Å². The number of carbonyl (C=O) groups is 2. The van der Waals surface area contributed by atoms with E-state index >= 15 is 0 Å². The van der Waals surface area contributed by atoms with Crippen LogP contribution in [-0.2, 0) is 16.0 Å². The molecule has 21 heavy (non-hydrogen) atoms. The second-order valence-corrected chi connectivity index (χ2v) is 7.40. The van der Waals surface area contributed by atoms with Crippen LogP contribution in [0, 0.1) is 18.8 Å².